The maximum absolute atomic E-state index is 12.7. The lowest BCUT2D eigenvalue weighted by atomic mass is 9.84. The van der Waals surface area contributed by atoms with Gasteiger partial charge in [-0.25, -0.2) is 0 Å². The van der Waals surface area contributed by atoms with E-state index in [-0.39, 0.29) is 11.8 Å². The van der Waals surface area contributed by atoms with Gasteiger partial charge in [0, 0.05) is 25.3 Å². The van der Waals surface area contributed by atoms with Crippen LogP contribution in [0, 0.1) is 0 Å². The van der Waals surface area contributed by atoms with Gasteiger partial charge in [0.25, 0.3) is 5.91 Å². The summed E-state index contributed by atoms with van der Waals surface area (Å²) in [6, 6.07) is 10.0. The molecule has 9 nitrogen and oxygen atoms in total. The summed E-state index contributed by atoms with van der Waals surface area (Å²) in [6.45, 7) is -2.96. The molecule has 0 radical (unpaired) electrons. The smallest absolute Gasteiger partial charge is 0.387 e. The van der Waals surface area contributed by atoms with Crippen molar-refractivity contribution in [2.45, 2.75) is 50.4 Å². The molecule has 2 heterocycles. The van der Waals surface area contributed by atoms with Crippen LogP contribution in [0.4, 0.5) is 19.0 Å². The van der Waals surface area contributed by atoms with Gasteiger partial charge in [-0.05, 0) is 55.5 Å². The molecule has 1 amide bonds. The molecular formula is C22H24F2N6O3S. The lowest BCUT2D eigenvalue weighted by molar-refractivity contribution is -0.126. The molecule has 1 unspecified atom stereocenters. The quantitative estimate of drug-likeness (QED) is 0.454. The van der Waals surface area contributed by atoms with Crippen LogP contribution in [0.25, 0.3) is 0 Å². The van der Waals surface area contributed by atoms with Crippen molar-refractivity contribution >= 4 is 27.5 Å². The number of hydrogen-bond acceptors (Lipinski definition) is 9. The van der Waals surface area contributed by atoms with E-state index in [1.165, 1.54) is 36.6 Å². The van der Waals surface area contributed by atoms with Crippen LogP contribution in [0.5, 0.6) is 5.75 Å². The van der Waals surface area contributed by atoms with Crippen LogP contribution in [0.15, 0.2) is 42.6 Å². The van der Waals surface area contributed by atoms with E-state index in [1.54, 1.807) is 12.3 Å². The Morgan fingerprint density at radius 3 is 2.59 bits per heavy atom. The number of alkyl halides is 2. The first kappa shape index (κ1) is 23.9. The number of halogens is 2. The fourth-order valence-corrected chi connectivity index (χ4v) is 4.71. The predicted octanol–water partition coefficient (Wildman–Crippen LogP) is 4.39. The normalized spacial score (nSPS) is 18.9. The minimum Gasteiger partial charge on any atom is -0.435 e. The molecule has 0 bridgehead atoms. The number of ether oxygens (including phenoxy) is 2. The zero-order valence-corrected chi connectivity index (χ0v) is 19.2. The second-order valence-electron chi connectivity index (χ2n) is 7.81. The number of nitrogens with one attached hydrogen (secondary N) is 2. The molecule has 1 saturated carbocycles. The highest BCUT2D eigenvalue weighted by Crippen LogP contribution is 2.34. The monoisotopic (exact) mass is 490 g/mol. The largest absolute Gasteiger partial charge is 0.435 e. The molecule has 3 aromatic rings. The fraction of sp³-hybridized carbons (Fsp3) is 0.409. The van der Waals surface area contributed by atoms with Gasteiger partial charge in [0.05, 0.1) is 5.69 Å². The number of methoxy groups -OCH3 is 1. The van der Waals surface area contributed by atoms with Crippen LogP contribution in [0.2, 0.25) is 0 Å². The predicted molar refractivity (Wildman–Crippen MR) is 122 cm³/mol. The molecular weight excluding hydrogens is 466 g/mol. The van der Waals surface area contributed by atoms with E-state index < -0.39 is 18.6 Å². The van der Waals surface area contributed by atoms with Crippen LogP contribution in [0.3, 0.4) is 0 Å². The van der Waals surface area contributed by atoms with Crippen molar-refractivity contribution in [3.05, 3.63) is 53.9 Å². The molecule has 4 rings (SSSR count). The van der Waals surface area contributed by atoms with Crippen molar-refractivity contribution in [1.29, 1.82) is 0 Å². The third kappa shape index (κ3) is 6.20. The Bertz CT molecular complexity index is 1080. The van der Waals surface area contributed by atoms with E-state index in [1.807, 2.05) is 12.1 Å². The summed E-state index contributed by atoms with van der Waals surface area (Å²) < 4.78 is 34.7. The van der Waals surface area contributed by atoms with Gasteiger partial charge < -0.3 is 14.8 Å². The summed E-state index contributed by atoms with van der Waals surface area (Å²) in [5.41, 5.74) is 1.40. The number of amides is 1. The highest BCUT2D eigenvalue weighted by molar-refractivity contribution is 7.19. The van der Waals surface area contributed by atoms with Gasteiger partial charge in [-0.2, -0.15) is 19.0 Å². The third-order valence-electron chi connectivity index (χ3n) is 5.58. The molecule has 0 spiro atoms. The minimum atomic E-state index is -2.96. The van der Waals surface area contributed by atoms with Gasteiger partial charge >= 0.3 is 6.61 Å². The summed E-state index contributed by atoms with van der Waals surface area (Å²) in [6.07, 6.45) is 4.58. The van der Waals surface area contributed by atoms with Crippen molar-refractivity contribution in [3.8, 4) is 5.75 Å². The first-order chi connectivity index (χ1) is 16.5. The van der Waals surface area contributed by atoms with E-state index >= 15 is 0 Å². The number of carbonyl (C=O) groups excluding carboxylic acids is 1. The molecule has 12 heteroatoms. The zero-order chi connectivity index (χ0) is 23.9. The van der Waals surface area contributed by atoms with Crippen LogP contribution in [-0.4, -0.2) is 46.1 Å². The Morgan fingerprint density at radius 2 is 1.88 bits per heavy atom. The topological polar surface area (TPSA) is 111 Å². The molecule has 1 atom stereocenters. The number of hydrogen-bond donors (Lipinski definition) is 2. The number of aromatic nitrogens is 4. The lowest BCUT2D eigenvalue weighted by Crippen LogP contribution is -2.25. The Hall–Kier alpha value is -3.25. The standard InChI is InChI=1S/C22H24F2N6O3S/c1-32-18(14-4-2-5-16(12-14)33-20(23)24)19(31)27-22-30-29-21(34-22)26-15-9-7-13(8-10-15)17-6-3-11-25-28-17/h2-6,11-13,15,18,20H,7-10H2,1H3,(H,26,29)(H,27,30,31). The average molecular weight is 491 g/mol. The molecule has 1 fully saturated rings. The van der Waals surface area contributed by atoms with Crippen LogP contribution in [-0.2, 0) is 9.53 Å². The Morgan fingerprint density at radius 1 is 1.09 bits per heavy atom. The van der Waals surface area contributed by atoms with E-state index in [0.717, 1.165) is 31.4 Å². The molecule has 0 aliphatic heterocycles. The van der Waals surface area contributed by atoms with Gasteiger partial charge in [-0.15, -0.1) is 10.2 Å². The second kappa shape index (κ2) is 11.3. The van der Waals surface area contributed by atoms with E-state index in [9.17, 15) is 13.6 Å². The van der Waals surface area contributed by atoms with Gasteiger partial charge in [0.15, 0.2) is 6.10 Å². The molecule has 0 saturated heterocycles. The Balaban J connectivity index is 1.31. The molecule has 2 N–H and O–H groups in total. The lowest BCUT2D eigenvalue weighted by Gasteiger charge is -2.28. The highest BCUT2D eigenvalue weighted by atomic mass is 32.1. The highest BCUT2D eigenvalue weighted by Gasteiger charge is 2.25. The number of anilines is 2. The van der Waals surface area contributed by atoms with Crippen molar-refractivity contribution in [2.75, 3.05) is 17.7 Å². The first-order valence-corrected chi connectivity index (χ1v) is 11.6. The van der Waals surface area contributed by atoms with Gasteiger partial charge in [-0.3, -0.25) is 10.1 Å². The number of rotatable bonds is 9. The SMILES string of the molecule is COC(C(=O)Nc1nnc(NC2CCC(c3cccnn3)CC2)s1)c1cccc(OC(F)F)c1. The Labute approximate surface area is 198 Å². The van der Waals surface area contributed by atoms with E-state index in [2.05, 4.69) is 35.8 Å². The summed E-state index contributed by atoms with van der Waals surface area (Å²) >= 11 is 1.22. The third-order valence-corrected chi connectivity index (χ3v) is 6.35. The number of benzene rings is 1. The number of carbonyl (C=O) groups is 1. The summed E-state index contributed by atoms with van der Waals surface area (Å²) in [7, 11) is 1.36. The minimum absolute atomic E-state index is 0.0567. The fourth-order valence-electron chi connectivity index (χ4n) is 3.99. The van der Waals surface area contributed by atoms with Gasteiger partial charge in [-0.1, -0.05) is 23.5 Å². The van der Waals surface area contributed by atoms with Crippen molar-refractivity contribution < 1.29 is 23.0 Å². The van der Waals surface area contributed by atoms with Gasteiger partial charge in [0.2, 0.25) is 10.3 Å². The molecule has 1 aliphatic rings. The maximum Gasteiger partial charge on any atom is 0.387 e. The Kier molecular flexibility index (Phi) is 7.91. The van der Waals surface area contributed by atoms with Crippen molar-refractivity contribution in [3.63, 3.8) is 0 Å². The van der Waals surface area contributed by atoms with Gasteiger partial charge in [0.1, 0.15) is 5.75 Å². The second-order valence-corrected chi connectivity index (χ2v) is 8.79. The van der Waals surface area contributed by atoms with E-state index in [0.29, 0.717) is 21.7 Å². The molecule has 180 valence electrons. The first-order valence-electron chi connectivity index (χ1n) is 10.8. The number of nitrogens with zero attached hydrogens (tertiary/aromatic N) is 4. The summed E-state index contributed by atoms with van der Waals surface area (Å²) in [4.78, 5) is 12.7. The molecule has 2 aromatic heterocycles. The summed E-state index contributed by atoms with van der Waals surface area (Å²) in [5, 5.41) is 23.3. The van der Waals surface area contributed by atoms with Crippen molar-refractivity contribution in [1.82, 2.24) is 20.4 Å². The summed E-state index contributed by atoms with van der Waals surface area (Å²) in [5.74, 6) is -0.144. The van der Waals surface area contributed by atoms with Crippen LogP contribution >= 0.6 is 11.3 Å². The maximum atomic E-state index is 12.7. The van der Waals surface area contributed by atoms with Crippen LogP contribution < -0.4 is 15.4 Å². The van der Waals surface area contributed by atoms with Crippen molar-refractivity contribution in [2.24, 2.45) is 0 Å². The molecule has 1 aliphatic carbocycles. The molecule has 1 aromatic carbocycles. The van der Waals surface area contributed by atoms with Crippen LogP contribution in [0.1, 0.15) is 49.0 Å². The molecule has 34 heavy (non-hydrogen) atoms. The zero-order valence-electron chi connectivity index (χ0n) is 18.4. The average Bonchev–Trinajstić information content (AvgIpc) is 3.27. The van der Waals surface area contributed by atoms with E-state index in [4.69, 9.17) is 4.74 Å².